The van der Waals surface area contributed by atoms with Crippen molar-refractivity contribution in [3.63, 3.8) is 0 Å². The normalized spacial score (nSPS) is 13.9. The Kier molecular flexibility index (Phi) is 1.98. The molecule has 3 rings (SSSR count). The maximum absolute atomic E-state index is 3.90. The topological polar surface area (TPSA) is 25.8 Å². The van der Waals surface area contributed by atoms with Gasteiger partial charge in [-0.15, -0.1) is 0 Å². The zero-order chi connectivity index (χ0) is 10.1. The third kappa shape index (κ3) is 1.52. The molecule has 1 aromatic heterocycles. The van der Waals surface area contributed by atoms with E-state index in [1.165, 1.54) is 36.0 Å². The summed E-state index contributed by atoms with van der Waals surface area (Å²) in [5.41, 5.74) is 5.43. The van der Waals surface area contributed by atoms with Gasteiger partial charge in [0.2, 0.25) is 0 Å². The zero-order valence-corrected chi connectivity index (χ0v) is 8.48. The Balaban J connectivity index is 2.07. The van der Waals surface area contributed by atoms with Crippen LogP contribution in [0.15, 0.2) is 36.7 Å². The van der Waals surface area contributed by atoms with Gasteiger partial charge in [-0.05, 0) is 42.0 Å². The molecular formula is C13H12N2. The first-order chi connectivity index (χ1) is 7.43. The maximum Gasteiger partial charge on any atom is 0.0574 e. The number of nitrogens with zero attached hydrogens (tertiary/aromatic N) is 2. The minimum absolute atomic E-state index is 1.15. The molecule has 1 heterocycles. The second-order valence-electron chi connectivity index (χ2n) is 3.97. The molecule has 74 valence electrons. The van der Waals surface area contributed by atoms with Gasteiger partial charge in [-0.25, -0.2) is 0 Å². The molecule has 2 heteroatoms. The van der Waals surface area contributed by atoms with E-state index < -0.39 is 0 Å². The Morgan fingerprint density at radius 3 is 2.67 bits per heavy atom. The maximum atomic E-state index is 3.90. The minimum Gasteiger partial charge on any atom is -0.159 e. The lowest BCUT2D eigenvalue weighted by molar-refractivity contribution is 0.912. The average Bonchev–Trinajstić information content (AvgIpc) is 2.77. The van der Waals surface area contributed by atoms with Crippen LogP contribution >= 0.6 is 0 Å². The quantitative estimate of drug-likeness (QED) is 0.700. The smallest absolute Gasteiger partial charge is 0.0574 e. The van der Waals surface area contributed by atoms with Gasteiger partial charge in [0, 0.05) is 5.56 Å². The highest BCUT2D eigenvalue weighted by molar-refractivity contribution is 5.64. The van der Waals surface area contributed by atoms with E-state index >= 15 is 0 Å². The molecule has 1 aliphatic rings. The van der Waals surface area contributed by atoms with Crippen LogP contribution in [0.2, 0.25) is 0 Å². The standard InChI is InChI=1S/C13H12N2/c1-2-10-4-5-12(8-11(10)3-1)13-6-7-14-15-9-13/h4-9H,1-3H2. The van der Waals surface area contributed by atoms with Crippen molar-refractivity contribution in [3.8, 4) is 11.1 Å². The molecule has 1 aromatic carbocycles. The van der Waals surface area contributed by atoms with E-state index in [0.717, 1.165) is 5.56 Å². The summed E-state index contributed by atoms with van der Waals surface area (Å²) in [4.78, 5) is 0. The number of aromatic nitrogens is 2. The Hall–Kier alpha value is -1.70. The largest absolute Gasteiger partial charge is 0.159 e. The van der Waals surface area contributed by atoms with Crippen molar-refractivity contribution in [3.05, 3.63) is 47.8 Å². The van der Waals surface area contributed by atoms with Gasteiger partial charge in [0.1, 0.15) is 0 Å². The van der Waals surface area contributed by atoms with E-state index in [4.69, 9.17) is 0 Å². The van der Waals surface area contributed by atoms with Crippen LogP contribution in [0.1, 0.15) is 17.5 Å². The molecule has 0 bridgehead atoms. The monoisotopic (exact) mass is 196 g/mol. The summed E-state index contributed by atoms with van der Waals surface area (Å²) in [7, 11) is 0. The van der Waals surface area contributed by atoms with Gasteiger partial charge in [-0.3, -0.25) is 0 Å². The van der Waals surface area contributed by atoms with Gasteiger partial charge < -0.3 is 0 Å². The predicted octanol–water partition coefficient (Wildman–Crippen LogP) is 2.63. The second kappa shape index (κ2) is 3.46. The van der Waals surface area contributed by atoms with Crippen LogP contribution < -0.4 is 0 Å². The molecule has 0 atom stereocenters. The Morgan fingerprint density at radius 1 is 0.867 bits per heavy atom. The summed E-state index contributed by atoms with van der Waals surface area (Å²) in [6.45, 7) is 0. The van der Waals surface area contributed by atoms with Gasteiger partial charge in [0.25, 0.3) is 0 Å². The third-order valence-electron chi connectivity index (χ3n) is 3.02. The van der Waals surface area contributed by atoms with Crippen LogP contribution in [0, 0.1) is 0 Å². The first-order valence-corrected chi connectivity index (χ1v) is 5.32. The molecule has 2 aromatic rings. The second-order valence-corrected chi connectivity index (χ2v) is 3.97. The molecule has 0 unspecified atom stereocenters. The van der Waals surface area contributed by atoms with Crippen molar-refractivity contribution in [1.29, 1.82) is 0 Å². The summed E-state index contributed by atoms with van der Waals surface area (Å²) in [6, 6.07) is 8.72. The highest BCUT2D eigenvalue weighted by Gasteiger charge is 2.11. The van der Waals surface area contributed by atoms with Crippen molar-refractivity contribution in [2.75, 3.05) is 0 Å². The molecule has 2 nitrogen and oxygen atoms in total. The van der Waals surface area contributed by atoms with Gasteiger partial charge in [-0.2, -0.15) is 10.2 Å². The molecule has 0 spiro atoms. The molecule has 0 fully saturated rings. The molecule has 15 heavy (non-hydrogen) atoms. The molecule has 1 aliphatic carbocycles. The molecule has 0 radical (unpaired) electrons. The van der Waals surface area contributed by atoms with Gasteiger partial charge in [0.05, 0.1) is 12.4 Å². The van der Waals surface area contributed by atoms with Gasteiger partial charge in [0.15, 0.2) is 0 Å². The lowest BCUT2D eigenvalue weighted by atomic mass is 10.0. The summed E-state index contributed by atoms with van der Waals surface area (Å²) in [5.74, 6) is 0. The van der Waals surface area contributed by atoms with Crippen molar-refractivity contribution >= 4 is 0 Å². The summed E-state index contributed by atoms with van der Waals surface area (Å²) in [6.07, 6.45) is 7.32. The van der Waals surface area contributed by atoms with E-state index in [-0.39, 0.29) is 0 Å². The van der Waals surface area contributed by atoms with Crippen LogP contribution in [-0.4, -0.2) is 10.2 Å². The molecule has 0 N–H and O–H groups in total. The molecule has 0 saturated carbocycles. The summed E-state index contributed by atoms with van der Waals surface area (Å²) < 4.78 is 0. The van der Waals surface area contributed by atoms with Crippen molar-refractivity contribution < 1.29 is 0 Å². The molecule has 0 amide bonds. The van der Waals surface area contributed by atoms with Crippen LogP contribution in [0.4, 0.5) is 0 Å². The van der Waals surface area contributed by atoms with Crippen LogP contribution in [0.3, 0.4) is 0 Å². The first kappa shape index (κ1) is 8.60. The molecule has 0 aliphatic heterocycles. The lowest BCUT2D eigenvalue weighted by Gasteiger charge is -2.03. The first-order valence-electron chi connectivity index (χ1n) is 5.32. The molecular weight excluding hydrogens is 184 g/mol. The van der Waals surface area contributed by atoms with Crippen LogP contribution in [0.5, 0.6) is 0 Å². The fourth-order valence-corrected chi connectivity index (χ4v) is 2.21. The number of fused-ring (bicyclic) bond motifs is 1. The van der Waals surface area contributed by atoms with Gasteiger partial charge in [-0.1, -0.05) is 18.2 Å². The highest BCUT2D eigenvalue weighted by Crippen LogP contribution is 2.27. The molecule has 0 saturated heterocycles. The summed E-state index contributed by atoms with van der Waals surface area (Å²) >= 11 is 0. The number of rotatable bonds is 1. The Morgan fingerprint density at radius 2 is 1.80 bits per heavy atom. The van der Waals surface area contributed by atoms with E-state index in [2.05, 4.69) is 28.4 Å². The summed E-state index contributed by atoms with van der Waals surface area (Å²) in [5, 5.41) is 7.70. The van der Waals surface area contributed by atoms with Crippen molar-refractivity contribution in [2.24, 2.45) is 0 Å². The lowest BCUT2D eigenvalue weighted by Crippen LogP contribution is -1.86. The number of hydrogen-bond donors (Lipinski definition) is 0. The number of hydrogen-bond acceptors (Lipinski definition) is 2. The Bertz CT molecular complexity index is 477. The fraction of sp³-hybridized carbons (Fsp3) is 0.231. The number of aryl methyl sites for hydroxylation is 2. The van der Waals surface area contributed by atoms with E-state index in [1.807, 2.05) is 12.3 Å². The van der Waals surface area contributed by atoms with E-state index in [0.29, 0.717) is 0 Å². The van der Waals surface area contributed by atoms with E-state index in [9.17, 15) is 0 Å². The highest BCUT2D eigenvalue weighted by atomic mass is 15.1. The average molecular weight is 196 g/mol. The zero-order valence-electron chi connectivity index (χ0n) is 8.48. The fourth-order valence-electron chi connectivity index (χ4n) is 2.21. The van der Waals surface area contributed by atoms with Gasteiger partial charge >= 0.3 is 0 Å². The van der Waals surface area contributed by atoms with E-state index in [1.54, 1.807) is 6.20 Å². The Labute approximate surface area is 89.0 Å². The SMILES string of the molecule is c1cc(-c2ccc3c(c2)CCC3)cnn1. The van der Waals surface area contributed by atoms with Crippen molar-refractivity contribution in [1.82, 2.24) is 10.2 Å². The van der Waals surface area contributed by atoms with Crippen LogP contribution in [0.25, 0.3) is 11.1 Å². The van der Waals surface area contributed by atoms with Crippen molar-refractivity contribution in [2.45, 2.75) is 19.3 Å². The predicted molar refractivity (Wildman–Crippen MR) is 59.5 cm³/mol. The number of benzene rings is 1. The minimum atomic E-state index is 1.15. The third-order valence-corrected chi connectivity index (χ3v) is 3.02. The van der Waals surface area contributed by atoms with Crippen LogP contribution in [-0.2, 0) is 12.8 Å².